The van der Waals surface area contributed by atoms with Crippen LogP contribution in [-0.4, -0.2) is 5.54 Å². The van der Waals surface area contributed by atoms with Gasteiger partial charge in [-0.25, -0.2) is 4.39 Å². The van der Waals surface area contributed by atoms with Crippen LogP contribution in [0.2, 0.25) is 0 Å². The lowest BCUT2D eigenvalue weighted by atomic mass is 9.94. The van der Waals surface area contributed by atoms with Crippen molar-refractivity contribution in [3.05, 3.63) is 65.5 Å². The molecule has 1 N–H and O–H groups in total. The van der Waals surface area contributed by atoms with Crippen LogP contribution >= 0.6 is 0 Å². The van der Waals surface area contributed by atoms with Crippen molar-refractivity contribution in [3.8, 4) is 6.07 Å². The van der Waals surface area contributed by atoms with Gasteiger partial charge in [0.15, 0.2) is 0 Å². The van der Waals surface area contributed by atoms with Crippen molar-refractivity contribution < 1.29 is 4.39 Å². The molecule has 0 heterocycles. The third-order valence-electron chi connectivity index (χ3n) is 3.46. The highest BCUT2D eigenvalue weighted by molar-refractivity contribution is 5.58. The third kappa shape index (κ3) is 4.32. The fourth-order valence-electron chi connectivity index (χ4n) is 2.25. The van der Waals surface area contributed by atoms with Crippen LogP contribution in [0.15, 0.2) is 48.5 Å². The largest absolute Gasteiger partial charge is 0.379 e. The maximum Gasteiger partial charge on any atom is 0.124 e. The second kappa shape index (κ2) is 6.41. The van der Waals surface area contributed by atoms with Crippen LogP contribution in [0.25, 0.3) is 0 Å². The van der Waals surface area contributed by atoms with E-state index in [0.717, 1.165) is 12.8 Å². The summed E-state index contributed by atoms with van der Waals surface area (Å²) in [5, 5.41) is 12.4. The standard InChI is InChI=1S/C18H19FN2/c1-18(2,11-10-14-6-4-3-5-7-14)21-17-9-8-16(19)12-15(17)13-20/h3-9,12,21H,10-11H2,1-2H3. The molecule has 0 aliphatic rings. The summed E-state index contributed by atoms with van der Waals surface area (Å²) in [5.74, 6) is -0.390. The lowest BCUT2D eigenvalue weighted by molar-refractivity contribution is 0.518. The topological polar surface area (TPSA) is 35.8 Å². The lowest BCUT2D eigenvalue weighted by Gasteiger charge is -2.28. The summed E-state index contributed by atoms with van der Waals surface area (Å²) in [6, 6.07) is 16.6. The number of rotatable bonds is 5. The van der Waals surface area contributed by atoms with Crippen LogP contribution in [0.5, 0.6) is 0 Å². The minimum atomic E-state index is -0.390. The fraction of sp³-hybridized carbons (Fsp3) is 0.278. The molecular weight excluding hydrogens is 263 g/mol. The molecule has 3 heteroatoms. The molecule has 0 saturated carbocycles. The van der Waals surface area contributed by atoms with E-state index in [1.54, 1.807) is 6.07 Å². The number of nitriles is 1. The first-order valence-electron chi connectivity index (χ1n) is 7.02. The molecule has 0 atom stereocenters. The van der Waals surface area contributed by atoms with Crippen LogP contribution in [0.1, 0.15) is 31.4 Å². The normalized spacial score (nSPS) is 11.0. The first-order valence-corrected chi connectivity index (χ1v) is 7.02. The van der Waals surface area contributed by atoms with Gasteiger partial charge in [-0.15, -0.1) is 0 Å². The highest BCUT2D eigenvalue weighted by atomic mass is 19.1. The zero-order valence-electron chi connectivity index (χ0n) is 12.4. The Morgan fingerprint density at radius 3 is 2.52 bits per heavy atom. The van der Waals surface area contributed by atoms with Crippen molar-refractivity contribution in [3.63, 3.8) is 0 Å². The van der Waals surface area contributed by atoms with Gasteiger partial charge in [-0.05, 0) is 50.5 Å². The van der Waals surface area contributed by atoms with E-state index in [2.05, 4.69) is 31.3 Å². The molecule has 0 saturated heterocycles. The molecule has 21 heavy (non-hydrogen) atoms. The molecule has 0 radical (unpaired) electrons. The summed E-state index contributed by atoms with van der Waals surface area (Å²) in [6.45, 7) is 4.17. The Kier molecular flexibility index (Phi) is 4.59. The Balaban J connectivity index is 2.05. The minimum Gasteiger partial charge on any atom is -0.379 e. The first kappa shape index (κ1) is 15.1. The van der Waals surface area contributed by atoms with E-state index >= 15 is 0 Å². The van der Waals surface area contributed by atoms with Gasteiger partial charge in [0.2, 0.25) is 0 Å². The average molecular weight is 282 g/mol. The van der Waals surface area contributed by atoms with Gasteiger partial charge >= 0.3 is 0 Å². The van der Waals surface area contributed by atoms with E-state index in [1.165, 1.54) is 17.7 Å². The van der Waals surface area contributed by atoms with Crippen molar-refractivity contribution in [1.29, 1.82) is 5.26 Å². The van der Waals surface area contributed by atoms with E-state index < -0.39 is 0 Å². The predicted octanol–water partition coefficient (Wildman–Crippen LogP) is 4.52. The number of anilines is 1. The second-order valence-corrected chi connectivity index (χ2v) is 5.80. The highest BCUT2D eigenvalue weighted by Crippen LogP contribution is 2.23. The van der Waals surface area contributed by atoms with Gasteiger partial charge in [-0.3, -0.25) is 0 Å². The molecular formula is C18H19FN2. The molecule has 2 rings (SSSR count). The summed E-state index contributed by atoms with van der Waals surface area (Å²) >= 11 is 0. The van der Waals surface area contributed by atoms with E-state index in [0.29, 0.717) is 11.3 Å². The average Bonchev–Trinajstić information content (AvgIpc) is 2.48. The Hall–Kier alpha value is -2.34. The summed E-state index contributed by atoms with van der Waals surface area (Å²) in [4.78, 5) is 0. The summed E-state index contributed by atoms with van der Waals surface area (Å²) < 4.78 is 13.2. The molecule has 0 aliphatic heterocycles. The number of aryl methyl sites for hydroxylation is 1. The van der Waals surface area contributed by atoms with Crippen molar-refractivity contribution >= 4 is 5.69 Å². The van der Waals surface area contributed by atoms with Crippen LogP contribution < -0.4 is 5.32 Å². The number of hydrogen-bond donors (Lipinski definition) is 1. The smallest absolute Gasteiger partial charge is 0.124 e. The molecule has 0 amide bonds. The maximum atomic E-state index is 13.2. The highest BCUT2D eigenvalue weighted by Gasteiger charge is 2.19. The van der Waals surface area contributed by atoms with Crippen molar-refractivity contribution in [2.45, 2.75) is 32.2 Å². The molecule has 0 unspecified atom stereocenters. The number of hydrogen-bond acceptors (Lipinski definition) is 2. The van der Waals surface area contributed by atoms with Gasteiger partial charge in [0, 0.05) is 5.54 Å². The Morgan fingerprint density at radius 2 is 1.86 bits per heavy atom. The molecule has 2 aromatic carbocycles. The van der Waals surface area contributed by atoms with Crippen LogP contribution in [0.3, 0.4) is 0 Å². The van der Waals surface area contributed by atoms with Crippen LogP contribution in [-0.2, 0) is 6.42 Å². The van der Waals surface area contributed by atoms with Gasteiger partial charge in [-0.2, -0.15) is 5.26 Å². The molecule has 0 fully saturated rings. The fourth-order valence-corrected chi connectivity index (χ4v) is 2.25. The molecule has 0 aromatic heterocycles. The van der Waals surface area contributed by atoms with Crippen molar-refractivity contribution in [2.75, 3.05) is 5.32 Å². The molecule has 0 bridgehead atoms. The molecule has 0 spiro atoms. The Bertz CT molecular complexity index is 642. The minimum absolute atomic E-state index is 0.181. The third-order valence-corrected chi connectivity index (χ3v) is 3.46. The van der Waals surface area contributed by atoms with Gasteiger partial charge < -0.3 is 5.32 Å². The quantitative estimate of drug-likeness (QED) is 0.875. The van der Waals surface area contributed by atoms with Gasteiger partial charge in [0.25, 0.3) is 0 Å². The summed E-state index contributed by atoms with van der Waals surface area (Å²) in [5.41, 5.74) is 2.12. The van der Waals surface area contributed by atoms with Gasteiger partial charge in [0.1, 0.15) is 11.9 Å². The number of halogens is 1. The van der Waals surface area contributed by atoms with Crippen LogP contribution in [0, 0.1) is 17.1 Å². The lowest BCUT2D eigenvalue weighted by Crippen LogP contribution is -2.31. The number of nitrogens with zero attached hydrogens (tertiary/aromatic N) is 1. The Labute approximate surface area is 125 Å². The molecule has 2 aromatic rings. The number of benzene rings is 2. The molecule has 2 nitrogen and oxygen atoms in total. The van der Waals surface area contributed by atoms with Crippen molar-refractivity contribution in [2.24, 2.45) is 0 Å². The number of nitrogens with one attached hydrogen (secondary N) is 1. The zero-order valence-corrected chi connectivity index (χ0v) is 12.4. The van der Waals surface area contributed by atoms with E-state index in [4.69, 9.17) is 5.26 Å². The van der Waals surface area contributed by atoms with Gasteiger partial charge in [-0.1, -0.05) is 30.3 Å². The van der Waals surface area contributed by atoms with Crippen LogP contribution in [0.4, 0.5) is 10.1 Å². The molecule has 108 valence electrons. The van der Waals surface area contributed by atoms with E-state index in [1.807, 2.05) is 24.3 Å². The predicted molar refractivity (Wildman–Crippen MR) is 83.6 cm³/mol. The summed E-state index contributed by atoms with van der Waals surface area (Å²) in [6.07, 6.45) is 1.86. The second-order valence-electron chi connectivity index (χ2n) is 5.80. The van der Waals surface area contributed by atoms with Crippen molar-refractivity contribution in [1.82, 2.24) is 0 Å². The Morgan fingerprint density at radius 1 is 1.14 bits per heavy atom. The SMILES string of the molecule is CC(C)(CCc1ccccc1)Nc1ccc(F)cc1C#N. The van der Waals surface area contributed by atoms with E-state index in [-0.39, 0.29) is 11.4 Å². The maximum absolute atomic E-state index is 13.2. The van der Waals surface area contributed by atoms with E-state index in [9.17, 15) is 4.39 Å². The first-order chi connectivity index (χ1) is 10.00. The monoisotopic (exact) mass is 282 g/mol. The van der Waals surface area contributed by atoms with Gasteiger partial charge in [0.05, 0.1) is 11.3 Å². The zero-order chi connectivity index (χ0) is 15.3. The molecule has 0 aliphatic carbocycles. The summed E-state index contributed by atoms with van der Waals surface area (Å²) in [7, 11) is 0.